The lowest BCUT2D eigenvalue weighted by Crippen LogP contribution is -2.30. The first kappa shape index (κ1) is 13.9. The Bertz CT molecular complexity index is 463. The van der Waals surface area contributed by atoms with Crippen LogP contribution < -0.4 is 11.3 Å². The van der Waals surface area contributed by atoms with Crippen LogP contribution in [0.2, 0.25) is 0 Å². The number of carbonyl (C=O) groups excluding carboxylic acids is 1. The maximum atomic E-state index is 12.0. The molecule has 8 nitrogen and oxygen atoms in total. The summed E-state index contributed by atoms with van der Waals surface area (Å²) in [7, 11) is 1.48. The van der Waals surface area contributed by atoms with Gasteiger partial charge in [-0.25, -0.2) is 0 Å². The molecule has 1 aromatic carbocycles. The second-order valence-corrected chi connectivity index (χ2v) is 3.55. The number of carbonyl (C=O) groups is 1. The molecule has 0 aromatic heterocycles. The van der Waals surface area contributed by atoms with E-state index in [2.05, 4.69) is 5.43 Å². The summed E-state index contributed by atoms with van der Waals surface area (Å²) in [6.45, 7) is -0.0614. The van der Waals surface area contributed by atoms with Gasteiger partial charge >= 0.3 is 0 Å². The molecule has 1 amide bonds. The monoisotopic (exact) mass is 254 g/mol. The van der Waals surface area contributed by atoms with E-state index in [9.17, 15) is 14.9 Å². The highest BCUT2D eigenvalue weighted by molar-refractivity contribution is 6.01. The summed E-state index contributed by atoms with van der Waals surface area (Å²) < 4.78 is 0. The zero-order valence-corrected chi connectivity index (χ0v) is 9.79. The molecule has 4 N–H and O–H groups in total. The first-order valence-electron chi connectivity index (χ1n) is 5.13. The molecule has 8 heteroatoms. The molecule has 18 heavy (non-hydrogen) atoms. The van der Waals surface area contributed by atoms with Gasteiger partial charge < -0.3 is 15.4 Å². The number of aliphatic hydroxyl groups is 1. The van der Waals surface area contributed by atoms with Crippen LogP contribution in [0.4, 0.5) is 11.4 Å². The van der Waals surface area contributed by atoms with E-state index in [0.717, 1.165) is 0 Å². The second kappa shape index (κ2) is 5.94. The molecule has 0 radical (unpaired) electrons. The van der Waals surface area contributed by atoms with Crippen LogP contribution in [-0.4, -0.2) is 41.0 Å². The number of hydrazine groups is 1. The molecule has 0 spiro atoms. The smallest absolute Gasteiger partial charge is 0.294 e. The predicted molar refractivity (Wildman–Crippen MR) is 65.0 cm³/mol. The van der Waals surface area contributed by atoms with Crippen molar-refractivity contribution in [1.29, 1.82) is 0 Å². The highest BCUT2D eigenvalue weighted by Gasteiger charge is 2.22. The van der Waals surface area contributed by atoms with Crippen LogP contribution in [0.15, 0.2) is 18.2 Å². The summed E-state index contributed by atoms with van der Waals surface area (Å²) in [5.41, 5.74) is 1.94. The average Bonchev–Trinajstić information content (AvgIpc) is 2.36. The van der Waals surface area contributed by atoms with Gasteiger partial charge in [-0.15, -0.1) is 0 Å². The van der Waals surface area contributed by atoms with Crippen molar-refractivity contribution in [2.75, 3.05) is 25.6 Å². The Kier molecular flexibility index (Phi) is 4.58. The highest BCUT2D eigenvalue weighted by atomic mass is 16.6. The minimum absolute atomic E-state index is 0.0442. The first-order chi connectivity index (χ1) is 8.52. The molecule has 0 heterocycles. The molecule has 1 rings (SSSR count). The number of nitrogens with one attached hydrogen (secondary N) is 1. The number of anilines is 1. The minimum Gasteiger partial charge on any atom is -0.395 e. The van der Waals surface area contributed by atoms with Gasteiger partial charge in [0.25, 0.3) is 11.6 Å². The van der Waals surface area contributed by atoms with Crippen LogP contribution in [-0.2, 0) is 0 Å². The predicted octanol–water partition coefficient (Wildman–Crippen LogP) is -0.0553. The molecular weight excluding hydrogens is 240 g/mol. The molecular formula is C10H14N4O4. The van der Waals surface area contributed by atoms with E-state index in [4.69, 9.17) is 10.9 Å². The largest absolute Gasteiger partial charge is 0.395 e. The molecule has 0 unspecified atom stereocenters. The number of benzene rings is 1. The Morgan fingerprint density at radius 1 is 1.61 bits per heavy atom. The summed E-state index contributed by atoms with van der Waals surface area (Å²) in [6, 6.07) is 4.08. The zero-order valence-electron chi connectivity index (χ0n) is 9.79. The SMILES string of the molecule is CN(CCO)C(=O)c1cccc([N+](=O)[O-])c1NN. The third-order valence-corrected chi connectivity index (χ3v) is 2.40. The number of likely N-dealkylation sites (N-methyl/N-ethyl adjacent to an activating group) is 1. The minimum atomic E-state index is -0.627. The van der Waals surface area contributed by atoms with Crippen molar-refractivity contribution >= 4 is 17.3 Å². The normalized spacial score (nSPS) is 9.94. The standard InChI is InChI=1S/C10H14N4O4/c1-13(5-6-15)10(16)7-3-2-4-8(14(17)18)9(7)12-11/h2-4,12,15H,5-6,11H2,1H3. The third kappa shape index (κ3) is 2.73. The van der Waals surface area contributed by atoms with Gasteiger partial charge in [-0.05, 0) is 6.07 Å². The number of aliphatic hydroxyl groups excluding tert-OH is 1. The van der Waals surface area contributed by atoms with Crippen LogP contribution in [0.3, 0.4) is 0 Å². The molecule has 0 saturated carbocycles. The number of hydrogen-bond acceptors (Lipinski definition) is 6. The van der Waals surface area contributed by atoms with E-state index in [1.807, 2.05) is 0 Å². The Morgan fingerprint density at radius 2 is 2.28 bits per heavy atom. The summed E-state index contributed by atoms with van der Waals surface area (Å²) in [6.07, 6.45) is 0. The van der Waals surface area contributed by atoms with E-state index in [-0.39, 0.29) is 30.1 Å². The van der Waals surface area contributed by atoms with Gasteiger partial charge in [-0.3, -0.25) is 20.8 Å². The molecule has 1 aromatic rings. The maximum absolute atomic E-state index is 12.0. The highest BCUT2D eigenvalue weighted by Crippen LogP contribution is 2.27. The van der Waals surface area contributed by atoms with Gasteiger partial charge in [0, 0.05) is 19.7 Å². The van der Waals surface area contributed by atoms with Crippen molar-refractivity contribution in [3.63, 3.8) is 0 Å². The summed E-state index contributed by atoms with van der Waals surface area (Å²) >= 11 is 0. The topological polar surface area (TPSA) is 122 Å². The zero-order chi connectivity index (χ0) is 13.7. The Morgan fingerprint density at radius 3 is 2.78 bits per heavy atom. The number of nitrogens with zero attached hydrogens (tertiary/aromatic N) is 2. The van der Waals surface area contributed by atoms with Gasteiger partial charge in [-0.2, -0.15) is 0 Å². The van der Waals surface area contributed by atoms with Crippen molar-refractivity contribution in [3.8, 4) is 0 Å². The number of nitro groups is 1. The molecule has 0 bridgehead atoms. The Labute approximate surface area is 103 Å². The van der Waals surface area contributed by atoms with E-state index in [1.165, 1.54) is 30.1 Å². The first-order valence-corrected chi connectivity index (χ1v) is 5.13. The van der Waals surface area contributed by atoms with Gasteiger partial charge in [0.2, 0.25) is 0 Å². The van der Waals surface area contributed by atoms with Crippen molar-refractivity contribution in [2.45, 2.75) is 0 Å². The quantitative estimate of drug-likeness (QED) is 0.384. The lowest BCUT2D eigenvalue weighted by Gasteiger charge is -2.17. The van der Waals surface area contributed by atoms with Crippen molar-refractivity contribution in [2.24, 2.45) is 5.84 Å². The van der Waals surface area contributed by atoms with Gasteiger partial charge in [0.05, 0.1) is 17.1 Å². The molecule has 0 fully saturated rings. The van der Waals surface area contributed by atoms with Gasteiger partial charge in [0.1, 0.15) is 5.69 Å². The van der Waals surface area contributed by atoms with Gasteiger partial charge in [0.15, 0.2) is 0 Å². The molecule has 0 atom stereocenters. The summed E-state index contributed by atoms with van der Waals surface area (Å²) in [4.78, 5) is 23.4. The number of nitrogen functional groups attached to an aromatic ring is 1. The summed E-state index contributed by atoms with van der Waals surface area (Å²) in [5.74, 6) is 4.77. The Balaban J connectivity index is 3.20. The third-order valence-electron chi connectivity index (χ3n) is 2.40. The fourth-order valence-electron chi connectivity index (χ4n) is 1.48. The van der Waals surface area contributed by atoms with Crippen LogP contribution in [0.5, 0.6) is 0 Å². The van der Waals surface area contributed by atoms with Crippen LogP contribution >= 0.6 is 0 Å². The lowest BCUT2D eigenvalue weighted by atomic mass is 10.1. The van der Waals surface area contributed by atoms with Crippen LogP contribution in [0.1, 0.15) is 10.4 Å². The van der Waals surface area contributed by atoms with Crippen molar-refractivity contribution in [1.82, 2.24) is 4.90 Å². The number of nitrogens with two attached hydrogens (primary N) is 1. The number of amides is 1. The van der Waals surface area contributed by atoms with E-state index >= 15 is 0 Å². The number of rotatable bonds is 5. The molecule has 98 valence electrons. The second-order valence-electron chi connectivity index (χ2n) is 3.55. The average molecular weight is 254 g/mol. The van der Waals surface area contributed by atoms with E-state index in [1.54, 1.807) is 0 Å². The molecule has 0 aliphatic heterocycles. The fraction of sp³-hybridized carbons (Fsp3) is 0.300. The molecule has 0 aliphatic rings. The number of hydrogen-bond donors (Lipinski definition) is 3. The Hall–Kier alpha value is -2.19. The lowest BCUT2D eigenvalue weighted by molar-refractivity contribution is -0.384. The van der Waals surface area contributed by atoms with Gasteiger partial charge in [-0.1, -0.05) is 6.07 Å². The number of nitro benzene ring substituents is 1. The fourth-order valence-corrected chi connectivity index (χ4v) is 1.48. The van der Waals surface area contributed by atoms with Crippen molar-refractivity contribution < 1.29 is 14.8 Å². The van der Waals surface area contributed by atoms with Crippen molar-refractivity contribution in [3.05, 3.63) is 33.9 Å². The van der Waals surface area contributed by atoms with E-state index in [0.29, 0.717) is 0 Å². The molecule has 0 aliphatic carbocycles. The van der Waals surface area contributed by atoms with Crippen LogP contribution in [0.25, 0.3) is 0 Å². The van der Waals surface area contributed by atoms with E-state index < -0.39 is 10.8 Å². The summed E-state index contributed by atoms with van der Waals surface area (Å²) in [5, 5.41) is 19.6. The molecule has 0 saturated heterocycles. The maximum Gasteiger partial charge on any atom is 0.294 e. The number of para-hydroxylation sites is 1. The van der Waals surface area contributed by atoms with Crippen LogP contribution in [0, 0.1) is 10.1 Å².